The van der Waals surface area contributed by atoms with E-state index in [0.29, 0.717) is 0 Å². The molecule has 2 aromatic rings. The largest absolute Gasteiger partial charge is 0.218 e. The Morgan fingerprint density at radius 1 is 1.40 bits per heavy atom. The van der Waals surface area contributed by atoms with Crippen LogP contribution in [0.2, 0.25) is 0 Å². The minimum absolute atomic E-state index is 0.903. The predicted molar refractivity (Wildman–Crippen MR) is 37.7 cm³/mol. The molecule has 0 spiro atoms. The van der Waals surface area contributed by atoms with Crippen LogP contribution in [-0.4, -0.2) is 14.6 Å². The Balaban J connectivity index is 2.95. The summed E-state index contributed by atoms with van der Waals surface area (Å²) in [6, 6.07) is 5.90. The van der Waals surface area contributed by atoms with E-state index in [9.17, 15) is 0 Å². The van der Waals surface area contributed by atoms with Gasteiger partial charge in [-0.05, 0) is 19.1 Å². The van der Waals surface area contributed by atoms with E-state index in [1.165, 1.54) is 0 Å². The molecule has 0 N–H and O–H groups in total. The maximum absolute atomic E-state index is 4.03. The smallest absolute Gasteiger partial charge is 0.155 e. The normalized spacial score (nSPS) is 10.5. The van der Waals surface area contributed by atoms with Gasteiger partial charge in [-0.3, -0.25) is 0 Å². The molecule has 0 unspecified atom stereocenters. The van der Waals surface area contributed by atoms with Crippen molar-refractivity contribution in [2.75, 3.05) is 0 Å². The molecule has 0 aromatic carbocycles. The van der Waals surface area contributed by atoms with Gasteiger partial charge in [-0.2, -0.15) is 5.10 Å². The molecule has 10 heavy (non-hydrogen) atoms. The van der Waals surface area contributed by atoms with E-state index >= 15 is 0 Å². The Morgan fingerprint density at radius 2 is 2.30 bits per heavy atom. The van der Waals surface area contributed by atoms with Gasteiger partial charge < -0.3 is 0 Å². The average Bonchev–Trinajstić information content (AvgIpc) is 2.36. The molecule has 0 aliphatic heterocycles. The third-order valence-electron chi connectivity index (χ3n) is 1.49. The van der Waals surface area contributed by atoms with Crippen LogP contribution < -0.4 is 0 Å². The Hall–Kier alpha value is -1.38. The minimum Gasteiger partial charge on any atom is -0.218 e. The van der Waals surface area contributed by atoms with E-state index in [1.807, 2.05) is 25.1 Å². The Morgan fingerprint density at radius 3 is 3.10 bits per heavy atom. The lowest BCUT2D eigenvalue weighted by Crippen LogP contribution is -1.90. The maximum atomic E-state index is 4.03. The molecule has 0 amide bonds. The van der Waals surface area contributed by atoms with Crippen LogP contribution in [0, 0.1) is 6.92 Å². The molecular formula is C7H7N3. The van der Waals surface area contributed by atoms with E-state index in [4.69, 9.17) is 0 Å². The molecule has 2 rings (SSSR count). The molecule has 0 radical (unpaired) electrons. The molecule has 3 nitrogen and oxygen atoms in total. The fourth-order valence-electron chi connectivity index (χ4n) is 0.980. The molecule has 0 bridgehead atoms. The van der Waals surface area contributed by atoms with Crippen LogP contribution in [0.15, 0.2) is 24.5 Å². The summed E-state index contributed by atoms with van der Waals surface area (Å²) in [5.41, 5.74) is 2.01. The third-order valence-corrected chi connectivity index (χ3v) is 1.49. The van der Waals surface area contributed by atoms with E-state index in [0.717, 1.165) is 11.3 Å². The van der Waals surface area contributed by atoms with Gasteiger partial charge in [0, 0.05) is 5.69 Å². The summed E-state index contributed by atoms with van der Waals surface area (Å²) in [6.07, 6.45) is 1.56. The van der Waals surface area contributed by atoms with Crippen molar-refractivity contribution in [2.45, 2.75) is 6.92 Å². The number of aromatic nitrogens is 3. The fourth-order valence-corrected chi connectivity index (χ4v) is 0.980. The quantitative estimate of drug-likeness (QED) is 0.537. The zero-order valence-electron chi connectivity index (χ0n) is 5.65. The van der Waals surface area contributed by atoms with Gasteiger partial charge in [0.15, 0.2) is 5.65 Å². The second kappa shape index (κ2) is 1.80. The molecule has 0 fully saturated rings. The highest BCUT2D eigenvalue weighted by atomic mass is 15.3. The second-order valence-electron chi connectivity index (χ2n) is 2.20. The van der Waals surface area contributed by atoms with Crippen molar-refractivity contribution in [1.82, 2.24) is 14.6 Å². The zero-order valence-corrected chi connectivity index (χ0v) is 5.65. The highest BCUT2D eigenvalue weighted by molar-refractivity contribution is 5.36. The maximum Gasteiger partial charge on any atom is 0.155 e. The number of fused-ring (bicyclic) bond motifs is 1. The summed E-state index contributed by atoms with van der Waals surface area (Å²) in [6.45, 7) is 2.00. The number of rotatable bonds is 0. The molecule has 0 aliphatic rings. The number of nitrogens with zero attached hydrogens (tertiary/aromatic N) is 3. The van der Waals surface area contributed by atoms with Crippen molar-refractivity contribution < 1.29 is 0 Å². The van der Waals surface area contributed by atoms with Crippen LogP contribution in [0.1, 0.15) is 5.69 Å². The molecule has 50 valence electrons. The van der Waals surface area contributed by atoms with Gasteiger partial charge in [0.25, 0.3) is 0 Å². The first-order valence-corrected chi connectivity index (χ1v) is 3.13. The number of hydrogen-bond donors (Lipinski definition) is 0. The van der Waals surface area contributed by atoms with Gasteiger partial charge in [-0.25, -0.2) is 9.50 Å². The Kier molecular flexibility index (Phi) is 0.974. The van der Waals surface area contributed by atoms with Crippen molar-refractivity contribution in [3.8, 4) is 0 Å². The van der Waals surface area contributed by atoms with Crippen LogP contribution in [0.3, 0.4) is 0 Å². The standard InChI is InChI=1S/C7H7N3/c1-6-3-2-4-7-8-5-9-10(6)7/h2-5H,1H3. The predicted octanol–water partition coefficient (Wildman–Crippen LogP) is 1.04. The molecule has 0 atom stereocenters. The van der Waals surface area contributed by atoms with Gasteiger partial charge in [-0.15, -0.1) is 0 Å². The van der Waals surface area contributed by atoms with Gasteiger partial charge in [0.2, 0.25) is 0 Å². The minimum atomic E-state index is 0.903. The van der Waals surface area contributed by atoms with Crippen molar-refractivity contribution >= 4 is 5.65 Å². The summed E-state index contributed by atoms with van der Waals surface area (Å²) < 4.78 is 1.81. The first-order chi connectivity index (χ1) is 4.88. The summed E-state index contributed by atoms with van der Waals surface area (Å²) in [4.78, 5) is 4.03. The number of hydrogen-bond acceptors (Lipinski definition) is 2. The van der Waals surface area contributed by atoms with Crippen molar-refractivity contribution in [3.05, 3.63) is 30.2 Å². The summed E-state index contributed by atoms with van der Waals surface area (Å²) in [5.74, 6) is 0. The first kappa shape index (κ1) is 5.41. The highest BCUT2D eigenvalue weighted by Crippen LogP contribution is 2.00. The number of pyridine rings is 1. The van der Waals surface area contributed by atoms with Crippen molar-refractivity contribution in [3.63, 3.8) is 0 Å². The first-order valence-electron chi connectivity index (χ1n) is 3.13. The van der Waals surface area contributed by atoms with E-state index < -0.39 is 0 Å². The topological polar surface area (TPSA) is 30.2 Å². The van der Waals surface area contributed by atoms with E-state index in [1.54, 1.807) is 10.8 Å². The van der Waals surface area contributed by atoms with Crippen molar-refractivity contribution in [2.24, 2.45) is 0 Å². The molecule has 2 heterocycles. The highest BCUT2D eigenvalue weighted by Gasteiger charge is 1.93. The monoisotopic (exact) mass is 133 g/mol. The Labute approximate surface area is 58.3 Å². The van der Waals surface area contributed by atoms with Crippen LogP contribution >= 0.6 is 0 Å². The third kappa shape index (κ3) is 0.603. The fraction of sp³-hybridized carbons (Fsp3) is 0.143. The molecule has 0 aliphatic carbocycles. The summed E-state index contributed by atoms with van der Waals surface area (Å²) in [7, 11) is 0. The van der Waals surface area contributed by atoms with Gasteiger partial charge in [-0.1, -0.05) is 6.07 Å². The van der Waals surface area contributed by atoms with Crippen LogP contribution in [0.4, 0.5) is 0 Å². The average molecular weight is 133 g/mol. The van der Waals surface area contributed by atoms with E-state index in [-0.39, 0.29) is 0 Å². The van der Waals surface area contributed by atoms with Gasteiger partial charge >= 0.3 is 0 Å². The molecule has 3 heteroatoms. The van der Waals surface area contributed by atoms with Crippen LogP contribution in [0.5, 0.6) is 0 Å². The lowest BCUT2D eigenvalue weighted by Gasteiger charge is -1.93. The molecule has 0 saturated heterocycles. The lowest BCUT2D eigenvalue weighted by atomic mass is 10.4. The van der Waals surface area contributed by atoms with Crippen molar-refractivity contribution in [1.29, 1.82) is 0 Å². The van der Waals surface area contributed by atoms with Gasteiger partial charge in [0.1, 0.15) is 6.33 Å². The molecule has 0 saturated carbocycles. The van der Waals surface area contributed by atoms with Gasteiger partial charge in [0.05, 0.1) is 0 Å². The van der Waals surface area contributed by atoms with Crippen LogP contribution in [0.25, 0.3) is 5.65 Å². The van der Waals surface area contributed by atoms with E-state index in [2.05, 4.69) is 10.1 Å². The Bertz CT molecular complexity index is 350. The lowest BCUT2D eigenvalue weighted by molar-refractivity contribution is 0.915. The summed E-state index contributed by atoms with van der Waals surface area (Å²) in [5, 5.41) is 4.02. The second-order valence-corrected chi connectivity index (χ2v) is 2.20. The van der Waals surface area contributed by atoms with Crippen LogP contribution in [-0.2, 0) is 0 Å². The SMILES string of the molecule is Cc1cccc2ncnn12. The number of aryl methyl sites for hydroxylation is 1. The molecule has 2 aromatic heterocycles. The molecular weight excluding hydrogens is 126 g/mol. The zero-order chi connectivity index (χ0) is 6.97. The summed E-state index contributed by atoms with van der Waals surface area (Å²) >= 11 is 0.